The lowest BCUT2D eigenvalue weighted by Crippen LogP contribution is -2.25. The minimum Gasteiger partial charge on any atom is -0.480 e. The molecular weight excluding hydrogens is 84.0 g/mol. The predicted octanol–water partition coefficient (Wildman–Crippen LogP) is -0.582. The Bertz CT molecular complexity index is 59.8. The van der Waals surface area contributed by atoms with Crippen molar-refractivity contribution in [3.05, 3.63) is 0 Å². The van der Waals surface area contributed by atoms with Crippen molar-refractivity contribution >= 4 is 5.97 Å². The van der Waals surface area contributed by atoms with Crippen LogP contribution >= 0.6 is 0 Å². The lowest BCUT2D eigenvalue weighted by atomic mass is 10.8. The molecule has 0 amide bonds. The summed E-state index contributed by atoms with van der Waals surface area (Å²) in [5.41, 5.74) is 4.84. The molecule has 0 heterocycles. The van der Waals surface area contributed by atoms with Crippen LogP contribution < -0.4 is 5.73 Å². The van der Waals surface area contributed by atoms with Gasteiger partial charge in [-0.25, -0.2) is 0 Å². The number of carboxylic acids is 1. The van der Waals surface area contributed by atoms with Gasteiger partial charge in [-0.2, -0.15) is 0 Å². The fraction of sp³-hybridized carbons (Fsp3) is 0.667. The quantitative estimate of drug-likeness (QED) is 0.335. The minimum absolute atomic E-state index is 0.731. The third-order valence-electron chi connectivity index (χ3n) is 0.390. The Balaban J connectivity index is 3.26. The number of carboxylic acid groups (broad SMARTS) is 1. The first-order chi connectivity index (χ1) is 2.64. The summed E-state index contributed by atoms with van der Waals surface area (Å²) in [6.45, 7) is 1.42. The van der Waals surface area contributed by atoms with Crippen molar-refractivity contribution in [2.75, 3.05) is 0 Å². The molecular formula is C3H7NO2. The number of rotatable bonds is 1. The summed E-state index contributed by atoms with van der Waals surface area (Å²) >= 11 is 0. The van der Waals surface area contributed by atoms with Crippen LogP contribution in [0.5, 0.6) is 0 Å². The topological polar surface area (TPSA) is 63.3 Å². The first-order valence-corrected chi connectivity index (χ1v) is 1.63. The van der Waals surface area contributed by atoms with Gasteiger partial charge in [0.2, 0.25) is 0 Å². The smallest absolute Gasteiger partial charge is 0.320 e. The van der Waals surface area contributed by atoms with Crippen LogP contribution in [0.4, 0.5) is 0 Å². The van der Waals surface area contributed by atoms with E-state index in [1.54, 1.807) is 0 Å². The van der Waals surface area contributed by atoms with Gasteiger partial charge in [0.1, 0.15) is 6.04 Å². The van der Waals surface area contributed by atoms with E-state index in [1.807, 2.05) is 0 Å². The predicted molar refractivity (Wildman–Crippen MR) is 21.3 cm³/mol. The van der Waals surface area contributed by atoms with E-state index in [4.69, 9.17) is 10.8 Å². The molecule has 0 aromatic heterocycles. The van der Waals surface area contributed by atoms with E-state index in [1.165, 1.54) is 6.92 Å². The standard InChI is InChI=1S/C3H7NO2/c1-2(4)3(5)6/h2H,4H2,1H3,(H,5,6)/t2-/m1/s1/i2+1,4+1. The lowest BCUT2D eigenvalue weighted by molar-refractivity contribution is -0.138. The summed E-state index contributed by atoms with van der Waals surface area (Å²) in [6.07, 6.45) is 0. The summed E-state index contributed by atoms with van der Waals surface area (Å²) in [4.78, 5) is 9.57. The van der Waals surface area contributed by atoms with Crippen LogP contribution in [0.1, 0.15) is 6.92 Å². The largest absolute Gasteiger partial charge is 0.480 e. The maximum Gasteiger partial charge on any atom is 0.320 e. The monoisotopic (exact) mass is 91.0 g/mol. The lowest BCUT2D eigenvalue weighted by Gasteiger charge is -1.90. The van der Waals surface area contributed by atoms with Crippen molar-refractivity contribution in [3.63, 3.8) is 0 Å². The average molecular weight is 91.1 g/mol. The van der Waals surface area contributed by atoms with Crippen LogP contribution in [0, 0.1) is 0 Å². The van der Waals surface area contributed by atoms with Crippen LogP contribution in [-0.2, 0) is 4.79 Å². The summed E-state index contributed by atoms with van der Waals surface area (Å²) in [6, 6.07) is -0.731. The Labute approximate surface area is 35.8 Å². The maximum atomic E-state index is 9.57. The van der Waals surface area contributed by atoms with Crippen molar-refractivity contribution in [2.45, 2.75) is 13.0 Å². The molecule has 0 spiro atoms. The fourth-order valence-corrected chi connectivity index (χ4v) is 0. The molecule has 0 aromatic rings. The number of hydrogen-bond donors (Lipinski definition) is 2. The van der Waals surface area contributed by atoms with Gasteiger partial charge >= 0.3 is 5.97 Å². The van der Waals surface area contributed by atoms with Crippen LogP contribution in [0.2, 0.25) is 0 Å². The highest BCUT2D eigenvalue weighted by atomic mass is 16.4. The van der Waals surface area contributed by atoms with Gasteiger partial charge in [0.25, 0.3) is 0 Å². The Morgan fingerprint density at radius 2 is 2.17 bits per heavy atom. The number of aliphatic carboxylic acids is 1. The zero-order valence-electron chi connectivity index (χ0n) is 3.51. The first kappa shape index (κ1) is 5.43. The Morgan fingerprint density at radius 3 is 2.17 bits per heavy atom. The molecule has 0 bridgehead atoms. The molecule has 0 aliphatic rings. The number of carbonyl (C=O) groups is 1. The van der Waals surface area contributed by atoms with E-state index in [2.05, 4.69) is 0 Å². The van der Waals surface area contributed by atoms with Crippen molar-refractivity contribution in [2.24, 2.45) is 5.73 Å². The van der Waals surface area contributed by atoms with E-state index in [0.717, 1.165) is 0 Å². The highest BCUT2D eigenvalue weighted by molar-refractivity contribution is 5.72. The highest BCUT2D eigenvalue weighted by Gasteiger charge is 1.99. The molecule has 0 radical (unpaired) electrons. The second-order valence-electron chi connectivity index (χ2n) is 1.13. The molecule has 3 nitrogen and oxygen atoms in total. The summed E-state index contributed by atoms with van der Waals surface area (Å²) in [5.74, 6) is -0.963. The van der Waals surface area contributed by atoms with Crippen molar-refractivity contribution in [1.82, 2.24) is 0 Å². The summed E-state index contributed by atoms with van der Waals surface area (Å²) in [5, 5.41) is 7.87. The fourth-order valence-electron chi connectivity index (χ4n) is 0. The molecule has 0 unspecified atom stereocenters. The molecule has 0 aliphatic carbocycles. The minimum atomic E-state index is -0.963. The first-order valence-electron chi connectivity index (χ1n) is 1.63. The van der Waals surface area contributed by atoms with Gasteiger partial charge in [0, 0.05) is 0 Å². The van der Waals surface area contributed by atoms with E-state index in [0.29, 0.717) is 0 Å². The normalized spacial score (nSPS) is 13.7. The maximum absolute atomic E-state index is 9.57. The van der Waals surface area contributed by atoms with Crippen molar-refractivity contribution in [1.29, 1.82) is 0 Å². The molecule has 0 saturated carbocycles. The van der Waals surface area contributed by atoms with Crippen LogP contribution in [0.3, 0.4) is 0 Å². The van der Waals surface area contributed by atoms with E-state index in [-0.39, 0.29) is 0 Å². The summed E-state index contributed by atoms with van der Waals surface area (Å²) < 4.78 is 0. The summed E-state index contributed by atoms with van der Waals surface area (Å²) in [7, 11) is 0. The van der Waals surface area contributed by atoms with Crippen LogP contribution in [0.25, 0.3) is 0 Å². The van der Waals surface area contributed by atoms with Gasteiger partial charge < -0.3 is 10.8 Å². The van der Waals surface area contributed by atoms with Gasteiger partial charge in [0.15, 0.2) is 0 Å². The average Bonchev–Trinajstić information content (AvgIpc) is 1.36. The third kappa shape index (κ3) is 1.72. The SMILES string of the molecule is C[13C@@H]([15NH2])C(=O)O. The molecule has 3 N–H and O–H groups in total. The van der Waals surface area contributed by atoms with Crippen molar-refractivity contribution < 1.29 is 9.90 Å². The Kier molecular flexibility index (Phi) is 1.60. The molecule has 6 heavy (non-hydrogen) atoms. The van der Waals surface area contributed by atoms with E-state index in [9.17, 15) is 4.79 Å². The molecule has 0 fully saturated rings. The zero-order chi connectivity index (χ0) is 5.15. The molecule has 0 aliphatic heterocycles. The van der Waals surface area contributed by atoms with Gasteiger partial charge in [-0.15, -0.1) is 0 Å². The highest BCUT2D eigenvalue weighted by Crippen LogP contribution is 1.68. The van der Waals surface area contributed by atoms with Gasteiger partial charge in [-0.05, 0) is 6.92 Å². The molecule has 0 aromatic carbocycles. The van der Waals surface area contributed by atoms with E-state index < -0.39 is 12.0 Å². The molecule has 3 heteroatoms. The second-order valence-corrected chi connectivity index (χ2v) is 1.13. The molecule has 1 atom stereocenters. The molecule has 0 rings (SSSR count). The molecule has 0 saturated heterocycles. The Hall–Kier alpha value is -0.570. The molecule has 36 valence electrons. The van der Waals surface area contributed by atoms with E-state index >= 15 is 0 Å². The number of nitrogens with two attached hydrogens (primary N) is 1. The van der Waals surface area contributed by atoms with Crippen LogP contribution in [-0.4, -0.2) is 17.1 Å². The number of hydrogen-bond acceptors (Lipinski definition) is 2. The third-order valence-corrected chi connectivity index (χ3v) is 0.390. The van der Waals surface area contributed by atoms with Gasteiger partial charge in [-0.3, -0.25) is 4.79 Å². The van der Waals surface area contributed by atoms with Crippen LogP contribution in [0.15, 0.2) is 0 Å². The van der Waals surface area contributed by atoms with Gasteiger partial charge in [-0.1, -0.05) is 0 Å². The van der Waals surface area contributed by atoms with Crippen molar-refractivity contribution in [3.8, 4) is 0 Å². The zero-order valence-corrected chi connectivity index (χ0v) is 3.51. The second kappa shape index (κ2) is 1.77. The Morgan fingerprint density at radius 1 is 2.00 bits per heavy atom. The van der Waals surface area contributed by atoms with Gasteiger partial charge in [0.05, 0.1) is 0 Å².